The van der Waals surface area contributed by atoms with Crippen LogP contribution in [0.3, 0.4) is 0 Å². The maximum absolute atomic E-state index is 3.48. The van der Waals surface area contributed by atoms with E-state index in [1.54, 1.807) is 0 Å². The van der Waals surface area contributed by atoms with Crippen LogP contribution in [0.15, 0.2) is 12.4 Å². The summed E-state index contributed by atoms with van der Waals surface area (Å²) in [5.74, 6) is 0. The molecule has 0 rings (SSSR count). The van der Waals surface area contributed by atoms with Gasteiger partial charge in [0.05, 0.1) is 6.17 Å². The molecule has 0 bridgehead atoms. The number of hydrogen-bond acceptors (Lipinski definition) is 4. The predicted molar refractivity (Wildman–Crippen MR) is 75.8 cm³/mol. The molecule has 1 atom stereocenters. The summed E-state index contributed by atoms with van der Waals surface area (Å²) in [5.41, 5.74) is 0. The Bertz CT molecular complexity index is 182. The highest BCUT2D eigenvalue weighted by Crippen LogP contribution is 1.96. The van der Waals surface area contributed by atoms with Crippen LogP contribution in [0.25, 0.3) is 0 Å². The number of unbranched alkanes of at least 4 members (excludes halogenated alkanes) is 1. The standard InChI is InChI=1S/C13H30N4/c1-5-8-9-16-12-13(14-4)17(7-3)11-10-15-6-2/h10-11,13-16H,5-9,12H2,1-4H3. The van der Waals surface area contributed by atoms with Gasteiger partial charge in [-0.1, -0.05) is 13.3 Å². The van der Waals surface area contributed by atoms with Gasteiger partial charge in [-0.25, -0.2) is 0 Å². The van der Waals surface area contributed by atoms with Crippen LogP contribution >= 0.6 is 0 Å². The van der Waals surface area contributed by atoms with Crippen molar-refractivity contribution in [1.29, 1.82) is 0 Å². The molecule has 0 fully saturated rings. The third-order valence-corrected chi connectivity index (χ3v) is 2.73. The van der Waals surface area contributed by atoms with Crippen molar-refractivity contribution in [2.75, 3.05) is 33.2 Å². The molecule has 0 saturated heterocycles. The minimum atomic E-state index is 0.353. The predicted octanol–water partition coefficient (Wildman–Crippen LogP) is 1.32. The Hall–Kier alpha value is -0.740. The van der Waals surface area contributed by atoms with Crippen LogP contribution in [-0.2, 0) is 0 Å². The van der Waals surface area contributed by atoms with Gasteiger partial charge in [-0.05, 0) is 33.9 Å². The smallest absolute Gasteiger partial charge is 0.0915 e. The van der Waals surface area contributed by atoms with Crippen molar-refractivity contribution >= 4 is 0 Å². The minimum Gasteiger partial charge on any atom is -0.390 e. The SMILES string of the molecule is CCCCNCC(NC)N(C=CNCC)CC. The van der Waals surface area contributed by atoms with Gasteiger partial charge in [-0.2, -0.15) is 0 Å². The van der Waals surface area contributed by atoms with Crippen LogP contribution in [-0.4, -0.2) is 44.3 Å². The number of nitrogens with one attached hydrogen (secondary N) is 3. The Morgan fingerprint density at radius 2 is 2.00 bits per heavy atom. The molecule has 3 N–H and O–H groups in total. The van der Waals surface area contributed by atoms with Gasteiger partial charge in [0.2, 0.25) is 0 Å². The highest BCUT2D eigenvalue weighted by molar-refractivity contribution is 4.84. The van der Waals surface area contributed by atoms with E-state index in [0.29, 0.717) is 6.17 Å². The molecule has 0 saturated carbocycles. The van der Waals surface area contributed by atoms with Gasteiger partial charge in [0.15, 0.2) is 0 Å². The van der Waals surface area contributed by atoms with E-state index in [-0.39, 0.29) is 0 Å². The lowest BCUT2D eigenvalue weighted by Crippen LogP contribution is -2.48. The Morgan fingerprint density at radius 3 is 2.53 bits per heavy atom. The van der Waals surface area contributed by atoms with Crippen LogP contribution in [0, 0.1) is 0 Å². The van der Waals surface area contributed by atoms with Crippen LogP contribution in [0.1, 0.15) is 33.6 Å². The van der Waals surface area contributed by atoms with Crippen molar-refractivity contribution in [3.8, 4) is 0 Å². The molecular formula is C13H30N4. The molecule has 0 aromatic heterocycles. The lowest BCUT2D eigenvalue weighted by Gasteiger charge is -2.29. The van der Waals surface area contributed by atoms with Crippen LogP contribution in [0.5, 0.6) is 0 Å². The second-order valence-corrected chi connectivity index (χ2v) is 4.07. The molecule has 102 valence electrons. The summed E-state index contributed by atoms with van der Waals surface area (Å²) < 4.78 is 0. The molecule has 0 aliphatic carbocycles. The third-order valence-electron chi connectivity index (χ3n) is 2.73. The monoisotopic (exact) mass is 242 g/mol. The van der Waals surface area contributed by atoms with Gasteiger partial charge in [-0.15, -0.1) is 0 Å². The lowest BCUT2D eigenvalue weighted by molar-refractivity contribution is 0.246. The van der Waals surface area contributed by atoms with Crippen LogP contribution in [0.2, 0.25) is 0 Å². The highest BCUT2D eigenvalue weighted by Gasteiger charge is 2.10. The molecule has 1 unspecified atom stereocenters. The van der Waals surface area contributed by atoms with E-state index in [1.807, 2.05) is 13.2 Å². The van der Waals surface area contributed by atoms with Crippen LogP contribution < -0.4 is 16.0 Å². The van der Waals surface area contributed by atoms with E-state index in [9.17, 15) is 0 Å². The van der Waals surface area contributed by atoms with Crippen molar-refractivity contribution in [2.24, 2.45) is 0 Å². The summed E-state index contributed by atoms with van der Waals surface area (Å²) in [6, 6.07) is 0. The first-order valence-corrected chi connectivity index (χ1v) is 6.83. The molecule has 4 nitrogen and oxygen atoms in total. The number of rotatable bonds is 11. The van der Waals surface area contributed by atoms with E-state index in [2.05, 4.69) is 47.8 Å². The maximum Gasteiger partial charge on any atom is 0.0915 e. The topological polar surface area (TPSA) is 39.3 Å². The molecule has 0 spiro atoms. The van der Waals surface area contributed by atoms with Crippen molar-refractivity contribution in [3.63, 3.8) is 0 Å². The summed E-state index contributed by atoms with van der Waals surface area (Å²) in [6.45, 7) is 10.5. The summed E-state index contributed by atoms with van der Waals surface area (Å²) in [5, 5.41) is 10.0. The van der Waals surface area contributed by atoms with Crippen molar-refractivity contribution < 1.29 is 0 Å². The fourth-order valence-electron chi connectivity index (χ4n) is 1.62. The molecule has 0 aliphatic rings. The van der Waals surface area contributed by atoms with Crippen molar-refractivity contribution in [3.05, 3.63) is 12.4 Å². The zero-order valence-electron chi connectivity index (χ0n) is 11.9. The normalized spacial score (nSPS) is 12.9. The first kappa shape index (κ1) is 16.3. The summed E-state index contributed by atoms with van der Waals surface area (Å²) >= 11 is 0. The number of likely N-dealkylation sites (N-methyl/N-ethyl adjacent to an activating group) is 2. The third kappa shape index (κ3) is 8.05. The summed E-state index contributed by atoms with van der Waals surface area (Å²) in [7, 11) is 2.01. The fraction of sp³-hybridized carbons (Fsp3) is 0.846. The molecule has 0 aliphatic heterocycles. The van der Waals surface area contributed by atoms with Gasteiger partial charge in [-0.3, -0.25) is 5.32 Å². The molecular weight excluding hydrogens is 212 g/mol. The first-order valence-electron chi connectivity index (χ1n) is 6.83. The van der Waals surface area contributed by atoms with E-state index >= 15 is 0 Å². The van der Waals surface area contributed by atoms with E-state index < -0.39 is 0 Å². The highest BCUT2D eigenvalue weighted by atomic mass is 15.3. The lowest BCUT2D eigenvalue weighted by atomic mass is 10.3. The van der Waals surface area contributed by atoms with E-state index in [4.69, 9.17) is 0 Å². The van der Waals surface area contributed by atoms with Gasteiger partial charge < -0.3 is 15.5 Å². The Kier molecular flexibility index (Phi) is 11.2. The number of hydrogen-bond donors (Lipinski definition) is 3. The van der Waals surface area contributed by atoms with Gasteiger partial charge in [0, 0.05) is 32.0 Å². The fourth-order valence-corrected chi connectivity index (χ4v) is 1.62. The average Bonchev–Trinajstić information content (AvgIpc) is 2.36. The average molecular weight is 242 g/mol. The summed E-state index contributed by atoms with van der Waals surface area (Å²) in [4.78, 5) is 2.29. The minimum absolute atomic E-state index is 0.353. The van der Waals surface area contributed by atoms with E-state index in [0.717, 1.165) is 26.2 Å². The molecule has 0 amide bonds. The van der Waals surface area contributed by atoms with Gasteiger partial charge >= 0.3 is 0 Å². The van der Waals surface area contributed by atoms with Gasteiger partial charge in [0.25, 0.3) is 0 Å². The van der Waals surface area contributed by atoms with Crippen molar-refractivity contribution in [2.45, 2.75) is 39.8 Å². The summed E-state index contributed by atoms with van der Waals surface area (Å²) in [6.07, 6.45) is 6.98. The van der Waals surface area contributed by atoms with Crippen molar-refractivity contribution in [1.82, 2.24) is 20.9 Å². The zero-order chi connectivity index (χ0) is 12.9. The quantitative estimate of drug-likeness (QED) is 0.377. The zero-order valence-corrected chi connectivity index (χ0v) is 11.9. The number of nitrogens with zero attached hydrogens (tertiary/aromatic N) is 1. The van der Waals surface area contributed by atoms with E-state index in [1.165, 1.54) is 12.8 Å². The Morgan fingerprint density at radius 1 is 1.24 bits per heavy atom. The molecule has 0 radical (unpaired) electrons. The second-order valence-electron chi connectivity index (χ2n) is 4.07. The molecule has 17 heavy (non-hydrogen) atoms. The largest absolute Gasteiger partial charge is 0.390 e. The maximum atomic E-state index is 3.48. The molecule has 0 aromatic rings. The first-order chi connectivity index (χ1) is 8.29. The molecule has 4 heteroatoms. The molecule has 0 heterocycles. The second kappa shape index (κ2) is 11.7. The Balaban J connectivity index is 4.00. The van der Waals surface area contributed by atoms with Gasteiger partial charge in [0.1, 0.15) is 0 Å². The van der Waals surface area contributed by atoms with Crippen LogP contribution in [0.4, 0.5) is 0 Å². The Labute approximate surface area is 107 Å². The molecule has 0 aromatic carbocycles.